The van der Waals surface area contributed by atoms with E-state index >= 15 is 0 Å². The lowest BCUT2D eigenvalue weighted by molar-refractivity contribution is 0.0124. The number of hydrogen-bond acceptors (Lipinski definition) is 3. The van der Waals surface area contributed by atoms with Gasteiger partial charge in [0.15, 0.2) is 0 Å². The maximum atomic E-state index is 11.7. The Bertz CT molecular complexity index is 311. The fraction of sp³-hybridized carbons (Fsp3) is 0.900. The third-order valence-electron chi connectivity index (χ3n) is 2.53. The Hall–Kier alpha value is -1.42. The molecule has 0 N–H and O–H groups in total. The summed E-state index contributed by atoms with van der Waals surface area (Å²) in [4.78, 5) is 16.0. The first kappa shape index (κ1) is 12.6. The van der Waals surface area contributed by atoms with Crippen molar-refractivity contribution in [3.63, 3.8) is 0 Å². The first-order valence-electron chi connectivity index (χ1n) is 5.33. The van der Waals surface area contributed by atoms with Crippen LogP contribution in [0.2, 0.25) is 0 Å². The molecule has 0 atom stereocenters. The molecule has 16 heavy (non-hydrogen) atoms. The molecule has 0 spiro atoms. The smallest absolute Gasteiger partial charge is 0.410 e. The van der Waals surface area contributed by atoms with Crippen molar-refractivity contribution < 1.29 is 9.53 Å². The summed E-state index contributed by atoms with van der Waals surface area (Å²) < 4.78 is 5.24. The molecule has 6 nitrogen and oxygen atoms in total. The largest absolute Gasteiger partial charge is 0.444 e. The number of hydrogen-bond donors (Lipinski definition) is 0. The van der Waals surface area contributed by atoms with Gasteiger partial charge in [0, 0.05) is 24.0 Å². The number of rotatable bonds is 2. The molecule has 6 heteroatoms. The summed E-state index contributed by atoms with van der Waals surface area (Å²) in [5.74, 6) is 0. The van der Waals surface area contributed by atoms with E-state index in [1.165, 1.54) is 0 Å². The van der Waals surface area contributed by atoms with Crippen molar-refractivity contribution in [3.05, 3.63) is 10.4 Å². The van der Waals surface area contributed by atoms with Gasteiger partial charge in [-0.15, -0.1) is 0 Å². The molecule has 90 valence electrons. The van der Waals surface area contributed by atoms with E-state index in [4.69, 9.17) is 10.3 Å². The highest BCUT2D eigenvalue weighted by Crippen LogP contribution is 2.28. The van der Waals surface area contributed by atoms with E-state index in [1.807, 2.05) is 20.8 Å². The number of ether oxygens (including phenoxy) is 1. The van der Waals surface area contributed by atoms with Gasteiger partial charge in [0.2, 0.25) is 0 Å². The number of carbonyl (C=O) groups excluding carboxylic acids is 1. The molecule has 1 rings (SSSR count). The van der Waals surface area contributed by atoms with Gasteiger partial charge in [-0.2, -0.15) is 0 Å². The van der Waals surface area contributed by atoms with Gasteiger partial charge in [-0.1, -0.05) is 5.11 Å². The summed E-state index contributed by atoms with van der Waals surface area (Å²) in [6.45, 7) is 5.51. The molecule has 0 aromatic heterocycles. The van der Waals surface area contributed by atoms with Crippen LogP contribution in [-0.4, -0.2) is 35.7 Å². The van der Waals surface area contributed by atoms with E-state index in [2.05, 4.69) is 10.0 Å². The predicted octanol–water partition coefficient (Wildman–Crippen LogP) is 2.69. The zero-order valence-corrected chi connectivity index (χ0v) is 10.2. The summed E-state index contributed by atoms with van der Waals surface area (Å²) >= 11 is 0. The van der Waals surface area contributed by atoms with E-state index in [1.54, 1.807) is 11.9 Å². The van der Waals surface area contributed by atoms with Crippen LogP contribution in [-0.2, 0) is 4.74 Å². The van der Waals surface area contributed by atoms with E-state index in [9.17, 15) is 4.79 Å². The minimum Gasteiger partial charge on any atom is -0.444 e. The Labute approximate surface area is 95.2 Å². The molecule has 0 aromatic rings. The fourth-order valence-corrected chi connectivity index (χ4v) is 1.53. The normalized spacial score (nSPS) is 24.0. The zero-order valence-electron chi connectivity index (χ0n) is 10.2. The van der Waals surface area contributed by atoms with E-state index < -0.39 is 5.60 Å². The SMILES string of the molecule is CN(C(=O)OC(C)(C)C)[C@H]1C[C@H](N=[N+]=[N-])C1. The number of nitrogens with zero attached hydrogens (tertiary/aromatic N) is 4. The standard InChI is InChI=1S/C10H18N4O2/c1-10(2,3)16-9(15)14(4)8-5-7(6-8)12-13-11/h7-8H,5-6H2,1-4H3/t7-,8-. The van der Waals surface area contributed by atoms with Gasteiger partial charge in [0.05, 0.1) is 0 Å². The Morgan fingerprint density at radius 2 is 2.06 bits per heavy atom. The van der Waals surface area contributed by atoms with Gasteiger partial charge in [0.25, 0.3) is 0 Å². The second-order valence-corrected chi connectivity index (χ2v) is 5.08. The van der Waals surface area contributed by atoms with Gasteiger partial charge < -0.3 is 9.64 Å². The minimum atomic E-state index is -0.473. The first-order chi connectivity index (χ1) is 7.33. The summed E-state index contributed by atoms with van der Waals surface area (Å²) in [5.41, 5.74) is 7.77. The molecule has 0 radical (unpaired) electrons. The van der Waals surface area contributed by atoms with Crippen molar-refractivity contribution in [3.8, 4) is 0 Å². The molecule has 1 fully saturated rings. The van der Waals surface area contributed by atoms with Crippen LogP contribution in [0.5, 0.6) is 0 Å². The van der Waals surface area contributed by atoms with Crippen LogP contribution >= 0.6 is 0 Å². The molecule has 0 aliphatic heterocycles. The van der Waals surface area contributed by atoms with Crippen LogP contribution in [0, 0.1) is 0 Å². The average molecular weight is 226 g/mol. The molecule has 1 saturated carbocycles. The summed E-state index contributed by atoms with van der Waals surface area (Å²) in [6.07, 6.45) is 1.12. The molecule has 1 amide bonds. The van der Waals surface area contributed by atoms with Gasteiger partial charge >= 0.3 is 6.09 Å². The fourth-order valence-electron chi connectivity index (χ4n) is 1.53. The summed E-state index contributed by atoms with van der Waals surface area (Å²) in [7, 11) is 1.71. The van der Waals surface area contributed by atoms with Crippen LogP contribution in [0.25, 0.3) is 10.4 Å². The lowest BCUT2D eigenvalue weighted by Gasteiger charge is -2.39. The summed E-state index contributed by atoms with van der Waals surface area (Å²) in [6, 6.07) is 0.158. The molecular weight excluding hydrogens is 208 g/mol. The minimum absolute atomic E-state index is 0.0277. The topological polar surface area (TPSA) is 78.3 Å². The molecule has 1 aliphatic carbocycles. The Kier molecular flexibility index (Phi) is 3.65. The molecule has 0 unspecified atom stereocenters. The highest BCUT2D eigenvalue weighted by atomic mass is 16.6. The van der Waals surface area contributed by atoms with Crippen LogP contribution in [0.15, 0.2) is 5.11 Å². The Balaban J connectivity index is 2.39. The van der Waals surface area contributed by atoms with Crippen molar-refractivity contribution in [2.45, 2.75) is 51.3 Å². The monoisotopic (exact) mass is 226 g/mol. The molecular formula is C10H18N4O2. The molecule has 0 aromatic carbocycles. The first-order valence-corrected chi connectivity index (χ1v) is 5.33. The quantitative estimate of drug-likeness (QED) is 0.412. The van der Waals surface area contributed by atoms with Crippen molar-refractivity contribution in [1.29, 1.82) is 0 Å². The van der Waals surface area contributed by atoms with Gasteiger partial charge in [-0.25, -0.2) is 4.79 Å². The van der Waals surface area contributed by atoms with E-state index in [0.717, 1.165) is 12.8 Å². The maximum Gasteiger partial charge on any atom is 0.410 e. The third-order valence-corrected chi connectivity index (χ3v) is 2.53. The van der Waals surface area contributed by atoms with Gasteiger partial charge in [-0.3, -0.25) is 0 Å². The van der Waals surface area contributed by atoms with E-state index in [0.29, 0.717) is 0 Å². The second kappa shape index (κ2) is 4.61. The van der Waals surface area contributed by atoms with Crippen molar-refractivity contribution in [2.24, 2.45) is 5.11 Å². The Morgan fingerprint density at radius 3 is 2.50 bits per heavy atom. The maximum absolute atomic E-state index is 11.7. The Morgan fingerprint density at radius 1 is 1.50 bits per heavy atom. The number of amides is 1. The lowest BCUT2D eigenvalue weighted by Crippen LogP contribution is -2.48. The highest BCUT2D eigenvalue weighted by Gasteiger charge is 2.35. The number of carbonyl (C=O) groups is 1. The molecule has 0 saturated heterocycles. The van der Waals surface area contributed by atoms with Crippen LogP contribution < -0.4 is 0 Å². The molecule has 0 bridgehead atoms. The third kappa shape index (κ3) is 3.31. The van der Waals surface area contributed by atoms with Gasteiger partial charge in [-0.05, 0) is 39.1 Å². The van der Waals surface area contributed by atoms with E-state index in [-0.39, 0.29) is 18.2 Å². The second-order valence-electron chi connectivity index (χ2n) is 5.08. The average Bonchev–Trinajstić information content (AvgIpc) is 2.06. The van der Waals surface area contributed by atoms with Crippen LogP contribution in [0.1, 0.15) is 33.6 Å². The van der Waals surface area contributed by atoms with Crippen molar-refractivity contribution in [2.75, 3.05) is 7.05 Å². The lowest BCUT2D eigenvalue weighted by atomic mass is 9.87. The molecule has 1 aliphatic rings. The van der Waals surface area contributed by atoms with Gasteiger partial charge in [0.1, 0.15) is 5.60 Å². The predicted molar refractivity (Wildman–Crippen MR) is 60.0 cm³/mol. The summed E-state index contributed by atoms with van der Waals surface area (Å²) in [5, 5.41) is 3.60. The van der Waals surface area contributed by atoms with Crippen LogP contribution in [0.4, 0.5) is 4.79 Å². The zero-order chi connectivity index (χ0) is 12.3. The van der Waals surface area contributed by atoms with Crippen molar-refractivity contribution in [1.82, 2.24) is 4.90 Å². The highest BCUT2D eigenvalue weighted by molar-refractivity contribution is 5.68. The molecule has 0 heterocycles. The van der Waals surface area contributed by atoms with Crippen LogP contribution in [0.3, 0.4) is 0 Å². The number of azide groups is 1. The van der Waals surface area contributed by atoms with Crippen molar-refractivity contribution >= 4 is 6.09 Å².